The normalized spacial score (nSPS) is 13.1. The van der Waals surface area contributed by atoms with Gasteiger partial charge in [0.15, 0.2) is 5.82 Å². The van der Waals surface area contributed by atoms with Gasteiger partial charge < -0.3 is 14.2 Å². The molecule has 37 heavy (non-hydrogen) atoms. The van der Waals surface area contributed by atoms with Gasteiger partial charge in [-0.15, -0.1) is 10.2 Å². The van der Waals surface area contributed by atoms with Crippen LogP contribution in [-0.4, -0.2) is 69.5 Å². The molecule has 0 aliphatic carbocycles. The van der Waals surface area contributed by atoms with E-state index < -0.39 is 21.2 Å². The minimum absolute atomic E-state index is 0.0525. The Morgan fingerprint density at radius 1 is 0.946 bits per heavy atom. The zero-order valence-electron chi connectivity index (χ0n) is 21.3. The number of hydrogen-bond acceptors (Lipinski definition) is 10. The van der Waals surface area contributed by atoms with Crippen LogP contribution in [0.15, 0.2) is 42.9 Å². The summed E-state index contributed by atoms with van der Waals surface area (Å²) in [5.41, 5.74) is 1.39. The molecule has 0 saturated carbocycles. The van der Waals surface area contributed by atoms with E-state index in [0.29, 0.717) is 40.3 Å². The number of rotatable bonds is 10. The van der Waals surface area contributed by atoms with Crippen LogP contribution in [0.2, 0.25) is 0 Å². The number of para-hydroxylation sites is 1. The highest BCUT2D eigenvalue weighted by molar-refractivity contribution is 7.93. The first-order chi connectivity index (χ1) is 17.7. The van der Waals surface area contributed by atoms with Gasteiger partial charge in [-0.25, -0.2) is 13.4 Å². The molecule has 0 spiro atoms. The Labute approximate surface area is 214 Å². The minimum atomic E-state index is -3.99. The number of hydrogen-bond donors (Lipinski definition) is 1. The van der Waals surface area contributed by atoms with E-state index in [-0.39, 0.29) is 5.95 Å². The van der Waals surface area contributed by atoms with E-state index in [0.717, 1.165) is 0 Å². The average Bonchev–Trinajstić information content (AvgIpc) is 3.52. The summed E-state index contributed by atoms with van der Waals surface area (Å²) in [6.45, 7) is 3.34. The van der Waals surface area contributed by atoms with Gasteiger partial charge in [-0.1, -0.05) is 13.0 Å². The van der Waals surface area contributed by atoms with Gasteiger partial charge in [-0.3, -0.25) is 19.0 Å². The third kappa shape index (κ3) is 5.05. The number of aryl methyl sites for hydroxylation is 1. The van der Waals surface area contributed by atoms with Crippen molar-refractivity contribution in [2.24, 2.45) is 7.05 Å². The van der Waals surface area contributed by atoms with Gasteiger partial charge in [0.1, 0.15) is 22.9 Å². The van der Waals surface area contributed by atoms with Gasteiger partial charge in [0, 0.05) is 19.2 Å². The molecule has 0 aliphatic heterocycles. The molecule has 3 aromatic heterocycles. The van der Waals surface area contributed by atoms with Crippen LogP contribution >= 0.6 is 0 Å². The lowest BCUT2D eigenvalue weighted by atomic mass is 10.1. The zero-order valence-corrected chi connectivity index (χ0v) is 22.1. The Morgan fingerprint density at radius 2 is 1.65 bits per heavy atom. The third-order valence-corrected chi connectivity index (χ3v) is 7.84. The van der Waals surface area contributed by atoms with Gasteiger partial charge in [0.2, 0.25) is 21.9 Å². The molecular formula is C23H28N8O5S. The van der Waals surface area contributed by atoms with Gasteiger partial charge in [0.05, 0.1) is 44.7 Å². The van der Waals surface area contributed by atoms with E-state index in [1.165, 1.54) is 38.3 Å². The Morgan fingerprint density at radius 3 is 2.19 bits per heavy atom. The highest BCUT2D eigenvalue weighted by Gasteiger charge is 2.32. The lowest BCUT2D eigenvalue weighted by Crippen LogP contribution is -2.31. The van der Waals surface area contributed by atoms with E-state index in [1.807, 2.05) is 0 Å². The summed E-state index contributed by atoms with van der Waals surface area (Å²) < 4.78 is 49.0. The molecular weight excluding hydrogens is 500 g/mol. The maximum Gasteiger partial charge on any atom is 0.243 e. The summed E-state index contributed by atoms with van der Waals surface area (Å²) in [6.07, 6.45) is 4.69. The van der Waals surface area contributed by atoms with Crippen LogP contribution in [0, 0.1) is 0 Å². The fraction of sp³-hybridized carbons (Fsp3) is 0.348. The van der Waals surface area contributed by atoms with Crippen LogP contribution in [-0.2, 0) is 17.1 Å². The van der Waals surface area contributed by atoms with Gasteiger partial charge in [0.25, 0.3) is 0 Å². The number of nitrogens with zero attached hydrogens (tertiary/aromatic N) is 7. The number of aromatic nitrogens is 7. The van der Waals surface area contributed by atoms with Crippen LogP contribution in [0.3, 0.4) is 0 Å². The molecule has 0 bridgehead atoms. The van der Waals surface area contributed by atoms with Crippen molar-refractivity contribution in [3.8, 4) is 34.6 Å². The Bertz CT molecular complexity index is 1460. The molecule has 0 radical (unpaired) electrons. The maximum absolute atomic E-state index is 13.5. The second-order valence-electron chi connectivity index (χ2n) is 8.19. The smallest absolute Gasteiger partial charge is 0.243 e. The lowest BCUT2D eigenvalue weighted by Gasteiger charge is -2.21. The molecule has 14 heteroatoms. The van der Waals surface area contributed by atoms with Gasteiger partial charge >= 0.3 is 0 Å². The van der Waals surface area contributed by atoms with E-state index in [9.17, 15) is 8.42 Å². The molecule has 1 N–H and O–H groups in total. The second-order valence-corrected chi connectivity index (χ2v) is 10.2. The van der Waals surface area contributed by atoms with E-state index >= 15 is 0 Å². The Kier molecular flexibility index (Phi) is 7.29. The van der Waals surface area contributed by atoms with Crippen LogP contribution in [0.25, 0.3) is 17.2 Å². The third-order valence-electron chi connectivity index (χ3n) is 5.98. The van der Waals surface area contributed by atoms with E-state index in [4.69, 9.17) is 14.2 Å². The second kappa shape index (κ2) is 10.4. The number of nitrogens with one attached hydrogen (secondary N) is 1. The first kappa shape index (κ1) is 25.9. The summed E-state index contributed by atoms with van der Waals surface area (Å²) in [6, 6.07) is 6.96. The predicted molar refractivity (Wildman–Crippen MR) is 136 cm³/mol. The number of sulfonamides is 1. The van der Waals surface area contributed by atoms with Crippen LogP contribution in [0.5, 0.6) is 17.4 Å². The summed E-state index contributed by atoms with van der Waals surface area (Å²) in [5.74, 6) is 0.929. The summed E-state index contributed by atoms with van der Waals surface area (Å²) in [5, 5.41) is 11.9. The highest BCUT2D eigenvalue weighted by Crippen LogP contribution is 2.37. The van der Waals surface area contributed by atoms with Crippen molar-refractivity contribution in [2.75, 3.05) is 26.1 Å². The van der Waals surface area contributed by atoms with Crippen LogP contribution in [0.1, 0.15) is 25.5 Å². The lowest BCUT2D eigenvalue weighted by molar-refractivity contribution is 0.391. The molecule has 4 rings (SSSR count). The number of ether oxygens (including phenoxy) is 3. The average molecular weight is 529 g/mol. The summed E-state index contributed by atoms with van der Waals surface area (Å²) in [7, 11) is 2.27. The molecule has 196 valence electrons. The van der Waals surface area contributed by atoms with Crippen molar-refractivity contribution in [1.82, 2.24) is 34.5 Å². The number of methoxy groups -OCH3 is 3. The predicted octanol–water partition coefficient (Wildman–Crippen LogP) is 2.42. The van der Waals surface area contributed by atoms with Crippen molar-refractivity contribution >= 4 is 16.0 Å². The number of benzene rings is 1. The van der Waals surface area contributed by atoms with Gasteiger partial charge in [-0.05, 0) is 25.1 Å². The fourth-order valence-electron chi connectivity index (χ4n) is 3.71. The largest absolute Gasteiger partial charge is 0.494 e. The Hall–Kier alpha value is -4.20. The SMILES string of the molecule is COc1cnc(C(C)C(C)S(=O)(=O)Nc2nnc(-c3ccn(C)n3)n2-c2c(OC)cccc2OC)cn1. The molecule has 0 saturated heterocycles. The van der Waals surface area contributed by atoms with E-state index in [1.54, 1.807) is 56.0 Å². The Balaban J connectivity index is 1.79. The van der Waals surface area contributed by atoms with Crippen molar-refractivity contribution in [2.45, 2.75) is 25.0 Å². The van der Waals surface area contributed by atoms with Crippen molar-refractivity contribution in [3.05, 3.63) is 48.5 Å². The molecule has 4 aromatic rings. The highest BCUT2D eigenvalue weighted by atomic mass is 32.2. The van der Waals surface area contributed by atoms with Crippen molar-refractivity contribution in [3.63, 3.8) is 0 Å². The first-order valence-corrected chi connectivity index (χ1v) is 12.8. The summed E-state index contributed by atoms with van der Waals surface area (Å²) in [4.78, 5) is 8.43. The maximum atomic E-state index is 13.5. The number of anilines is 1. The van der Waals surface area contributed by atoms with Crippen molar-refractivity contribution in [1.29, 1.82) is 0 Å². The molecule has 1 aromatic carbocycles. The molecule has 3 heterocycles. The van der Waals surface area contributed by atoms with Crippen LogP contribution < -0.4 is 18.9 Å². The standard InChI is InChI=1S/C23H28N8O5S/c1-14(17-12-25-20(36-6)13-24-17)15(2)37(32,33)29-23-27-26-22(16-10-11-30(3)28-16)31(23)21-18(34-4)8-7-9-19(21)35-5/h7-15H,1-6H3,(H,27,29). The quantitative estimate of drug-likeness (QED) is 0.325. The monoisotopic (exact) mass is 528 g/mol. The zero-order chi connectivity index (χ0) is 26.7. The molecule has 2 atom stereocenters. The first-order valence-electron chi connectivity index (χ1n) is 11.2. The van der Waals surface area contributed by atoms with Crippen LogP contribution in [0.4, 0.5) is 5.95 Å². The topological polar surface area (TPSA) is 148 Å². The minimum Gasteiger partial charge on any atom is -0.494 e. The van der Waals surface area contributed by atoms with Gasteiger partial charge in [-0.2, -0.15) is 5.10 Å². The molecule has 2 unspecified atom stereocenters. The summed E-state index contributed by atoms with van der Waals surface area (Å²) >= 11 is 0. The molecule has 13 nitrogen and oxygen atoms in total. The fourth-order valence-corrected chi connectivity index (χ4v) is 4.96. The van der Waals surface area contributed by atoms with E-state index in [2.05, 4.69) is 30.0 Å². The molecule has 0 aliphatic rings. The molecule has 0 fully saturated rings. The van der Waals surface area contributed by atoms with Crippen molar-refractivity contribution < 1.29 is 22.6 Å². The molecule has 0 amide bonds.